The summed E-state index contributed by atoms with van der Waals surface area (Å²) in [7, 11) is 0. The Morgan fingerprint density at radius 2 is 1.36 bits per heavy atom. The molecule has 132 valence electrons. The topological polar surface area (TPSA) is 44.8 Å². The van der Waals surface area contributed by atoms with Gasteiger partial charge in [-0.2, -0.15) is 4.89 Å². The lowest BCUT2D eigenvalue weighted by molar-refractivity contribution is -0.515. The van der Waals surface area contributed by atoms with E-state index in [4.69, 9.17) is 9.78 Å². The van der Waals surface area contributed by atoms with Gasteiger partial charge in [0.1, 0.15) is 0 Å². The molecule has 0 spiro atoms. The Hall–Kier alpha value is -0.610. The normalized spacial score (nSPS) is 11.9. The van der Waals surface area contributed by atoms with Crippen LogP contribution < -0.4 is 0 Å². The van der Waals surface area contributed by atoms with Gasteiger partial charge >= 0.3 is 5.97 Å². The molecule has 0 fully saturated rings. The fourth-order valence-corrected chi connectivity index (χ4v) is 2.24. The highest BCUT2D eigenvalue weighted by molar-refractivity contribution is 5.71. The van der Waals surface area contributed by atoms with Crippen molar-refractivity contribution in [3.8, 4) is 0 Å². The summed E-state index contributed by atoms with van der Waals surface area (Å²) in [6, 6.07) is 0. The lowest BCUT2D eigenvalue weighted by atomic mass is 9.95. The van der Waals surface area contributed by atoms with E-state index in [1.807, 2.05) is 20.8 Å². The maximum atomic E-state index is 12.1. The van der Waals surface area contributed by atoms with Crippen molar-refractivity contribution in [1.82, 2.24) is 0 Å². The van der Waals surface area contributed by atoms with E-state index in [2.05, 4.69) is 18.9 Å². The summed E-state index contributed by atoms with van der Waals surface area (Å²) in [6.07, 6.45) is 11.1. The van der Waals surface area contributed by atoms with E-state index < -0.39 is 5.60 Å². The first-order valence-electron chi connectivity index (χ1n) is 8.97. The summed E-state index contributed by atoms with van der Waals surface area (Å²) < 4.78 is 0. The molecular weight excluding hydrogens is 280 g/mol. The van der Waals surface area contributed by atoms with Crippen LogP contribution in [-0.4, -0.2) is 11.6 Å². The van der Waals surface area contributed by atoms with Crippen LogP contribution in [0.15, 0.2) is 0 Å². The van der Waals surface area contributed by atoms with Crippen molar-refractivity contribution in [1.29, 1.82) is 0 Å². The molecule has 0 aromatic rings. The smallest absolute Gasteiger partial charge is 0.269 e. The second-order valence-electron chi connectivity index (χ2n) is 7.06. The summed E-state index contributed by atoms with van der Waals surface area (Å²) in [5.74, 6) is -0.366. The molecule has 4 nitrogen and oxygen atoms in total. The van der Waals surface area contributed by atoms with Gasteiger partial charge in [-0.3, -0.25) is 4.89 Å². The minimum Gasteiger partial charge on any atom is -0.269 e. The van der Waals surface area contributed by atoms with Crippen molar-refractivity contribution >= 4 is 5.97 Å². The molecule has 0 aromatic carbocycles. The van der Waals surface area contributed by atoms with E-state index in [9.17, 15) is 4.79 Å². The molecular formula is C18H36O4. The number of rotatable bonds is 13. The van der Waals surface area contributed by atoms with Crippen LogP contribution in [0.1, 0.15) is 98.8 Å². The molecule has 4 heteroatoms. The number of carbonyl (C=O) groups excluding carboxylic acids is 1. The molecule has 0 aliphatic rings. The summed E-state index contributed by atoms with van der Waals surface area (Å²) in [5.41, 5.74) is -0.488. The number of unbranched alkanes of at least 4 members (excludes halogenated alkanes) is 6. The monoisotopic (exact) mass is 316 g/mol. The summed E-state index contributed by atoms with van der Waals surface area (Å²) in [6.45, 7) is 9.90. The van der Waals surface area contributed by atoms with Gasteiger partial charge in [-0.05, 0) is 38.7 Å². The summed E-state index contributed by atoms with van der Waals surface area (Å²) >= 11 is 0. The minimum atomic E-state index is -0.488. The van der Waals surface area contributed by atoms with Crippen molar-refractivity contribution < 1.29 is 19.6 Å². The molecule has 0 N–H and O–H groups in total. The van der Waals surface area contributed by atoms with Gasteiger partial charge in [0.15, 0.2) is 0 Å². The quantitative estimate of drug-likeness (QED) is 0.246. The van der Waals surface area contributed by atoms with Crippen LogP contribution in [-0.2, 0) is 19.6 Å². The Bertz CT molecular complexity index is 259. The first-order valence-corrected chi connectivity index (χ1v) is 8.97. The first kappa shape index (κ1) is 21.4. The van der Waals surface area contributed by atoms with Gasteiger partial charge in [0, 0.05) is 0 Å². The molecule has 0 unspecified atom stereocenters. The third-order valence-electron chi connectivity index (χ3n) is 3.55. The van der Waals surface area contributed by atoms with Crippen LogP contribution in [0, 0.1) is 5.92 Å². The van der Waals surface area contributed by atoms with Crippen LogP contribution in [0.3, 0.4) is 0 Å². The van der Waals surface area contributed by atoms with Gasteiger partial charge in [-0.25, -0.2) is 4.79 Å². The standard InChI is InChI=1S/C18H36O4/c1-6-8-10-12-14-16(15-13-11-9-7-2)17(19)20-22-21-18(3,4)5/h16H,6-15H2,1-5H3. The second kappa shape index (κ2) is 12.9. The molecule has 0 saturated carbocycles. The third kappa shape index (κ3) is 13.1. The number of carbonyl (C=O) groups is 1. The van der Waals surface area contributed by atoms with Crippen LogP contribution in [0.25, 0.3) is 0 Å². The largest absolute Gasteiger partial charge is 0.348 e. The lowest BCUT2D eigenvalue weighted by Gasteiger charge is -2.18. The Morgan fingerprint density at radius 1 is 0.864 bits per heavy atom. The molecule has 22 heavy (non-hydrogen) atoms. The van der Waals surface area contributed by atoms with Gasteiger partial charge in [-0.1, -0.05) is 65.2 Å². The van der Waals surface area contributed by atoms with Crippen molar-refractivity contribution in [3.05, 3.63) is 0 Å². The second-order valence-corrected chi connectivity index (χ2v) is 7.06. The van der Waals surface area contributed by atoms with Crippen molar-refractivity contribution in [2.75, 3.05) is 0 Å². The van der Waals surface area contributed by atoms with E-state index in [1.54, 1.807) is 0 Å². The molecule has 0 radical (unpaired) electrons. The molecule has 0 amide bonds. The summed E-state index contributed by atoms with van der Waals surface area (Å²) in [5, 5.41) is 4.65. The van der Waals surface area contributed by atoms with Crippen molar-refractivity contribution in [3.63, 3.8) is 0 Å². The predicted octanol–water partition coefficient (Wildman–Crippen LogP) is 5.75. The maximum absolute atomic E-state index is 12.1. The Balaban J connectivity index is 4.13. The molecule has 0 rings (SSSR count). The number of hydrogen-bond acceptors (Lipinski definition) is 4. The minimum absolute atomic E-state index is 0.0720. The van der Waals surface area contributed by atoms with Gasteiger partial charge in [0.05, 0.1) is 11.5 Å². The van der Waals surface area contributed by atoms with E-state index in [0.717, 1.165) is 25.7 Å². The Kier molecular flexibility index (Phi) is 12.5. The van der Waals surface area contributed by atoms with E-state index in [1.165, 1.54) is 38.5 Å². The van der Waals surface area contributed by atoms with Crippen LogP contribution >= 0.6 is 0 Å². The molecule has 0 saturated heterocycles. The fourth-order valence-electron chi connectivity index (χ4n) is 2.24. The van der Waals surface area contributed by atoms with Gasteiger partial charge in [-0.15, -0.1) is 0 Å². The average Bonchev–Trinajstić information content (AvgIpc) is 2.44. The van der Waals surface area contributed by atoms with E-state index >= 15 is 0 Å². The first-order chi connectivity index (χ1) is 10.4. The van der Waals surface area contributed by atoms with Gasteiger partial charge in [0.2, 0.25) is 0 Å². The summed E-state index contributed by atoms with van der Waals surface area (Å²) in [4.78, 5) is 22.0. The Morgan fingerprint density at radius 3 is 1.77 bits per heavy atom. The van der Waals surface area contributed by atoms with Crippen LogP contribution in [0.4, 0.5) is 0 Å². The Labute approximate surface area is 136 Å². The highest BCUT2D eigenvalue weighted by Crippen LogP contribution is 2.20. The zero-order valence-electron chi connectivity index (χ0n) is 15.3. The molecule has 0 bridgehead atoms. The molecule has 0 aromatic heterocycles. The van der Waals surface area contributed by atoms with Crippen LogP contribution in [0.2, 0.25) is 0 Å². The average molecular weight is 316 g/mol. The van der Waals surface area contributed by atoms with Gasteiger partial charge < -0.3 is 0 Å². The fraction of sp³-hybridized carbons (Fsp3) is 0.944. The van der Waals surface area contributed by atoms with Crippen molar-refractivity contribution in [2.45, 2.75) is 104 Å². The molecule has 0 atom stereocenters. The van der Waals surface area contributed by atoms with Gasteiger partial charge in [0.25, 0.3) is 0 Å². The van der Waals surface area contributed by atoms with E-state index in [-0.39, 0.29) is 11.9 Å². The van der Waals surface area contributed by atoms with E-state index in [0.29, 0.717) is 0 Å². The molecule has 0 aliphatic heterocycles. The predicted molar refractivity (Wildman–Crippen MR) is 89.0 cm³/mol. The van der Waals surface area contributed by atoms with Crippen LogP contribution in [0.5, 0.6) is 0 Å². The highest BCUT2D eigenvalue weighted by Gasteiger charge is 2.22. The third-order valence-corrected chi connectivity index (χ3v) is 3.55. The van der Waals surface area contributed by atoms with Crippen molar-refractivity contribution in [2.24, 2.45) is 5.92 Å². The zero-order valence-corrected chi connectivity index (χ0v) is 15.3. The maximum Gasteiger partial charge on any atom is 0.348 e. The zero-order chi connectivity index (χ0) is 16.8. The molecule has 0 heterocycles. The highest BCUT2D eigenvalue weighted by atomic mass is 17.5. The lowest BCUT2D eigenvalue weighted by Crippen LogP contribution is -2.23. The number of hydrogen-bond donors (Lipinski definition) is 0. The SMILES string of the molecule is CCCCCCC(CCCCCC)C(=O)OOOC(C)(C)C. The molecule has 0 aliphatic carbocycles.